The van der Waals surface area contributed by atoms with E-state index in [0.29, 0.717) is 64.0 Å². The van der Waals surface area contributed by atoms with E-state index in [9.17, 15) is 14.7 Å². The molecule has 53 heavy (non-hydrogen) atoms. The Balaban J connectivity index is 1.38. The molecule has 12 heteroatoms. The highest BCUT2D eigenvalue weighted by molar-refractivity contribution is 9.08. The van der Waals surface area contributed by atoms with E-state index in [2.05, 4.69) is 45.1 Å². The highest BCUT2D eigenvalue weighted by Gasteiger charge is 2.28. The number of alkyl halides is 1. The van der Waals surface area contributed by atoms with Gasteiger partial charge in [0.15, 0.2) is 0 Å². The Morgan fingerprint density at radius 3 is 2.45 bits per heavy atom. The molecule has 3 aromatic carbocycles. The monoisotopic (exact) mass is 787 g/mol. The highest BCUT2D eigenvalue weighted by Crippen LogP contribution is 2.39. The zero-order valence-electron chi connectivity index (χ0n) is 31.4. The maximum Gasteiger partial charge on any atom is 0.410 e. The van der Waals surface area contributed by atoms with Crippen LogP contribution >= 0.6 is 15.9 Å². The second-order valence-corrected chi connectivity index (χ2v) is 15.1. The number of morpholine rings is 1. The average molecular weight is 789 g/mol. The number of carboxylic acid groups (broad SMARTS) is 1. The molecule has 0 saturated carbocycles. The fourth-order valence-electron chi connectivity index (χ4n) is 7.22. The molecular weight excluding hydrogens is 738 g/mol. The van der Waals surface area contributed by atoms with Gasteiger partial charge in [-0.25, -0.2) is 9.59 Å². The molecule has 0 spiro atoms. The number of rotatable bonds is 14. The number of aromatic nitrogens is 3. The average Bonchev–Trinajstić information content (AvgIpc) is 3.62. The highest BCUT2D eigenvalue weighted by atomic mass is 79.9. The van der Waals surface area contributed by atoms with Gasteiger partial charge in [0.2, 0.25) is 0 Å². The van der Waals surface area contributed by atoms with Crippen molar-refractivity contribution in [3.05, 3.63) is 83.3 Å². The van der Waals surface area contributed by atoms with Crippen LogP contribution in [0.4, 0.5) is 4.79 Å². The molecule has 0 bridgehead atoms. The molecule has 1 amide bonds. The number of carboxylic acids is 1. The first kappa shape index (κ1) is 38.3. The van der Waals surface area contributed by atoms with Gasteiger partial charge in [0.25, 0.3) is 0 Å². The molecule has 11 nitrogen and oxygen atoms in total. The van der Waals surface area contributed by atoms with Gasteiger partial charge >= 0.3 is 12.1 Å². The Morgan fingerprint density at radius 1 is 1.00 bits per heavy atom. The summed E-state index contributed by atoms with van der Waals surface area (Å²) in [5.74, 6) is -0.176. The number of aromatic carboxylic acids is 1. The minimum Gasteiger partial charge on any atom is -0.493 e. The summed E-state index contributed by atoms with van der Waals surface area (Å²) >= 11 is 3.73. The number of fused-ring (bicyclic) bond motifs is 2. The molecule has 1 fully saturated rings. The molecule has 0 atom stereocenters. The predicted molar refractivity (Wildman–Crippen MR) is 211 cm³/mol. The topological polar surface area (TPSA) is 111 Å². The summed E-state index contributed by atoms with van der Waals surface area (Å²) in [5, 5.41) is 19.5. The lowest BCUT2D eigenvalue weighted by atomic mass is 9.98. The summed E-state index contributed by atoms with van der Waals surface area (Å²) in [6.45, 7) is 10.4. The van der Waals surface area contributed by atoms with E-state index in [1.165, 1.54) is 0 Å². The number of nitrogens with zero attached hydrogens (tertiary/aromatic N) is 5. The molecule has 5 aromatic rings. The second kappa shape index (κ2) is 16.7. The molecule has 0 aliphatic carbocycles. The van der Waals surface area contributed by atoms with Crippen molar-refractivity contribution in [1.29, 1.82) is 0 Å². The van der Waals surface area contributed by atoms with Crippen LogP contribution in [-0.4, -0.2) is 93.4 Å². The van der Waals surface area contributed by atoms with Gasteiger partial charge in [-0.05, 0) is 57.0 Å². The lowest BCUT2D eigenvalue weighted by Gasteiger charge is -2.26. The lowest BCUT2D eigenvalue weighted by molar-refractivity contribution is 0.0294. The minimum atomic E-state index is -0.988. The number of hydrogen-bond acceptors (Lipinski definition) is 7. The summed E-state index contributed by atoms with van der Waals surface area (Å²) < 4.78 is 21.4. The van der Waals surface area contributed by atoms with Crippen LogP contribution in [-0.2, 0) is 41.4 Å². The van der Waals surface area contributed by atoms with Crippen molar-refractivity contribution in [2.75, 3.05) is 46.5 Å². The van der Waals surface area contributed by atoms with E-state index in [-0.39, 0.29) is 5.69 Å². The van der Waals surface area contributed by atoms with Crippen molar-refractivity contribution < 1.29 is 28.9 Å². The summed E-state index contributed by atoms with van der Waals surface area (Å²) in [4.78, 5) is 30.0. The van der Waals surface area contributed by atoms with E-state index >= 15 is 0 Å². The zero-order chi connectivity index (χ0) is 37.7. The molecule has 6 rings (SSSR count). The smallest absolute Gasteiger partial charge is 0.410 e. The normalized spacial score (nSPS) is 13.8. The summed E-state index contributed by atoms with van der Waals surface area (Å²) in [6.07, 6.45) is 1.24. The number of ether oxygens (including phenoxy) is 3. The first-order chi connectivity index (χ1) is 25.5. The van der Waals surface area contributed by atoms with Gasteiger partial charge in [-0.15, -0.1) is 0 Å². The van der Waals surface area contributed by atoms with Crippen LogP contribution < -0.4 is 4.74 Å². The van der Waals surface area contributed by atoms with Crippen LogP contribution in [0.15, 0.2) is 60.7 Å². The Labute approximate surface area is 319 Å². The zero-order valence-corrected chi connectivity index (χ0v) is 32.9. The van der Waals surface area contributed by atoms with Gasteiger partial charge in [-0.3, -0.25) is 9.58 Å². The number of hydrogen-bond donors (Lipinski definition) is 1. The first-order valence-corrected chi connectivity index (χ1v) is 19.4. The van der Waals surface area contributed by atoms with Gasteiger partial charge in [0.05, 0.1) is 36.7 Å². The first-order valence-electron chi connectivity index (χ1n) is 18.3. The Morgan fingerprint density at radius 2 is 1.72 bits per heavy atom. The third-order valence-electron chi connectivity index (χ3n) is 9.66. The number of benzene rings is 3. The van der Waals surface area contributed by atoms with Crippen molar-refractivity contribution in [2.45, 2.75) is 64.1 Å². The number of aryl methyl sites for hydroxylation is 3. The summed E-state index contributed by atoms with van der Waals surface area (Å²) in [6, 6.07) is 20.3. The number of carbonyl (C=O) groups excluding carboxylic acids is 1. The molecule has 0 radical (unpaired) electrons. The summed E-state index contributed by atoms with van der Waals surface area (Å²) in [5.41, 5.74) is 5.18. The van der Waals surface area contributed by atoms with E-state index in [1.54, 1.807) is 11.9 Å². The van der Waals surface area contributed by atoms with Gasteiger partial charge in [-0.1, -0.05) is 70.5 Å². The van der Waals surface area contributed by atoms with E-state index in [1.807, 2.05) is 73.5 Å². The molecular formula is C41H50BrN5O6. The third kappa shape index (κ3) is 8.71. The number of halogens is 1. The minimum absolute atomic E-state index is 0.261. The van der Waals surface area contributed by atoms with Crippen LogP contribution in [0.2, 0.25) is 0 Å². The predicted octanol–water partition coefficient (Wildman–Crippen LogP) is 7.89. The van der Waals surface area contributed by atoms with Gasteiger partial charge in [-0.2, -0.15) is 5.10 Å². The van der Waals surface area contributed by atoms with Gasteiger partial charge in [0.1, 0.15) is 17.0 Å². The summed E-state index contributed by atoms with van der Waals surface area (Å²) in [7, 11) is 3.67. The molecule has 3 heterocycles. The number of carbonyl (C=O) groups is 2. The Bertz CT molecular complexity index is 2070. The molecule has 0 unspecified atom stereocenters. The second-order valence-electron chi connectivity index (χ2n) is 14.6. The fraction of sp³-hybridized carbons (Fsp3) is 0.439. The maximum absolute atomic E-state index is 13.3. The van der Waals surface area contributed by atoms with Crippen LogP contribution in [0, 0.1) is 0 Å². The van der Waals surface area contributed by atoms with Crippen molar-refractivity contribution in [2.24, 2.45) is 7.05 Å². The standard InChI is InChI=1S/C41H50BrN5O6/c1-41(2,3)53-40(50)44(4)19-11-20-47-37-30(15-9-16-32(37)36-33(43-45(5)34(36)26-42)27-46-21-24-51-25-22-46)31(38(47)39(48)49)17-10-23-52-35-18-8-13-28-12-6-7-14-29(28)35/h6-9,12-16,18H,10-11,17,19-27H2,1-5H3,(H,48,49). The van der Waals surface area contributed by atoms with E-state index < -0.39 is 17.7 Å². The quantitative estimate of drug-likeness (QED) is 0.0894. The van der Waals surface area contributed by atoms with E-state index in [0.717, 1.165) is 68.6 Å². The fourth-order valence-corrected chi connectivity index (χ4v) is 7.86. The Kier molecular flexibility index (Phi) is 12.1. The van der Waals surface area contributed by atoms with Gasteiger partial charge in [0, 0.05) is 74.0 Å². The maximum atomic E-state index is 13.3. The SMILES string of the molecule is CN(CCCn1c(C(=O)O)c(CCCOc2cccc3ccccc23)c2cccc(-c3c(CN4CCOCC4)nn(C)c3CBr)c21)C(=O)OC(C)(C)C. The largest absolute Gasteiger partial charge is 0.493 e. The molecule has 2 aromatic heterocycles. The Hall–Kier alpha value is -4.39. The number of amides is 1. The molecule has 1 saturated heterocycles. The van der Waals surface area contributed by atoms with Crippen molar-refractivity contribution in [3.8, 4) is 16.9 Å². The molecule has 1 aliphatic rings. The molecule has 282 valence electrons. The number of para-hydroxylation sites is 1. The van der Waals surface area contributed by atoms with E-state index in [4.69, 9.17) is 19.3 Å². The van der Waals surface area contributed by atoms with Crippen LogP contribution in [0.1, 0.15) is 61.1 Å². The molecule has 1 aliphatic heterocycles. The van der Waals surface area contributed by atoms with Crippen molar-refractivity contribution in [3.63, 3.8) is 0 Å². The van der Waals surface area contributed by atoms with Crippen LogP contribution in [0.5, 0.6) is 5.75 Å². The molecule has 1 N–H and O–H groups in total. The van der Waals surface area contributed by atoms with Crippen LogP contribution in [0.3, 0.4) is 0 Å². The van der Waals surface area contributed by atoms with Crippen molar-refractivity contribution in [1.82, 2.24) is 24.1 Å². The van der Waals surface area contributed by atoms with Crippen molar-refractivity contribution >= 4 is 49.7 Å². The lowest BCUT2D eigenvalue weighted by Crippen LogP contribution is -2.35. The van der Waals surface area contributed by atoms with Crippen LogP contribution in [0.25, 0.3) is 32.8 Å². The third-order valence-corrected chi connectivity index (χ3v) is 10.2. The van der Waals surface area contributed by atoms with Gasteiger partial charge < -0.3 is 28.8 Å².